The molecule has 0 bridgehead atoms. The summed E-state index contributed by atoms with van der Waals surface area (Å²) < 4.78 is 9.27. The van der Waals surface area contributed by atoms with E-state index in [-0.39, 0.29) is 10.8 Å². The number of hydrogen-bond acceptors (Lipinski definition) is 1. The second-order valence-corrected chi connectivity index (χ2v) is 13.5. The molecule has 2 aliphatic carbocycles. The molecule has 2 nitrogen and oxygen atoms in total. The van der Waals surface area contributed by atoms with E-state index >= 15 is 0 Å². The van der Waals surface area contributed by atoms with Gasteiger partial charge in [0, 0.05) is 21.9 Å². The number of aromatic nitrogens is 1. The molecule has 0 atom stereocenters. The second-order valence-electron chi connectivity index (χ2n) is 13.5. The highest BCUT2D eigenvalue weighted by Gasteiger charge is 2.46. The van der Waals surface area contributed by atoms with E-state index in [1.165, 1.54) is 76.9 Å². The minimum absolute atomic E-state index is 0.0991. The number of fused-ring (bicyclic) bond motifs is 5. The van der Waals surface area contributed by atoms with Crippen LogP contribution in [0.4, 0.5) is 0 Å². The summed E-state index contributed by atoms with van der Waals surface area (Å²) in [5.74, 6) is 0.688. The van der Waals surface area contributed by atoms with E-state index in [1.807, 2.05) is 0 Å². The number of benzene rings is 3. The molecule has 1 saturated carbocycles. The van der Waals surface area contributed by atoms with Crippen LogP contribution in [-0.4, -0.2) is 0 Å². The summed E-state index contributed by atoms with van der Waals surface area (Å²) in [4.78, 5) is 0. The first kappa shape index (κ1) is 23.9. The number of rotatable bonds is 2. The summed E-state index contributed by atoms with van der Waals surface area (Å²) in [5, 5.41) is 4.91. The zero-order valence-corrected chi connectivity index (χ0v) is 23.9. The van der Waals surface area contributed by atoms with E-state index in [0.717, 1.165) is 11.2 Å². The lowest BCUT2D eigenvalue weighted by molar-refractivity contribution is -0.661. The normalized spacial score (nSPS) is 19.0. The SMILES string of the molecule is Cc1ccc2c(oc3cc4ccccc4cc32)c1-c1c2c(c(C3CCCC3)c[n+]1C)C(C)(C)CCC2(C)C. The van der Waals surface area contributed by atoms with Crippen molar-refractivity contribution in [3.8, 4) is 11.3 Å². The molecule has 7 rings (SSSR count). The van der Waals surface area contributed by atoms with Crippen LogP contribution in [0.1, 0.15) is 94.4 Å². The maximum atomic E-state index is 6.81. The van der Waals surface area contributed by atoms with Gasteiger partial charge in [0.15, 0.2) is 6.20 Å². The Labute approximate surface area is 226 Å². The van der Waals surface area contributed by atoms with Crippen LogP contribution >= 0.6 is 0 Å². The molecule has 0 radical (unpaired) electrons. The Morgan fingerprint density at radius 2 is 1.47 bits per heavy atom. The minimum Gasteiger partial charge on any atom is -0.455 e. The molecule has 0 aliphatic heterocycles. The third kappa shape index (κ3) is 3.42. The predicted molar refractivity (Wildman–Crippen MR) is 159 cm³/mol. The zero-order chi connectivity index (χ0) is 26.4. The van der Waals surface area contributed by atoms with Crippen molar-refractivity contribution in [1.82, 2.24) is 0 Å². The van der Waals surface area contributed by atoms with Gasteiger partial charge < -0.3 is 4.42 Å². The molecule has 2 heterocycles. The summed E-state index contributed by atoms with van der Waals surface area (Å²) in [7, 11) is 2.28. The van der Waals surface area contributed by atoms with Gasteiger partial charge in [-0.25, -0.2) is 4.57 Å². The molecular weight excluding hydrogens is 462 g/mol. The van der Waals surface area contributed by atoms with Crippen LogP contribution in [0.25, 0.3) is 44.0 Å². The molecule has 194 valence electrons. The summed E-state index contributed by atoms with van der Waals surface area (Å²) in [6, 6.07) is 17.7. The number of aryl methyl sites for hydroxylation is 2. The van der Waals surface area contributed by atoms with Crippen molar-refractivity contribution in [3.05, 3.63) is 77.0 Å². The smallest absolute Gasteiger partial charge is 0.220 e. The van der Waals surface area contributed by atoms with Gasteiger partial charge in [0.2, 0.25) is 5.69 Å². The van der Waals surface area contributed by atoms with Gasteiger partial charge in [-0.2, -0.15) is 0 Å². The number of pyridine rings is 1. The van der Waals surface area contributed by atoms with E-state index in [4.69, 9.17) is 4.42 Å². The van der Waals surface area contributed by atoms with Crippen LogP contribution in [0.3, 0.4) is 0 Å². The summed E-state index contributed by atoms with van der Waals surface area (Å²) in [6.45, 7) is 12.2. The van der Waals surface area contributed by atoms with Crippen LogP contribution in [0.15, 0.2) is 59.1 Å². The Kier molecular flexibility index (Phi) is 5.16. The lowest BCUT2D eigenvalue weighted by Gasteiger charge is -2.43. The Balaban J connectivity index is 1.60. The lowest BCUT2D eigenvalue weighted by Crippen LogP contribution is -2.43. The van der Waals surface area contributed by atoms with E-state index in [1.54, 1.807) is 16.7 Å². The fourth-order valence-electron chi connectivity index (χ4n) is 7.81. The van der Waals surface area contributed by atoms with Gasteiger partial charge in [-0.3, -0.25) is 0 Å². The Morgan fingerprint density at radius 3 is 2.18 bits per heavy atom. The number of hydrogen-bond donors (Lipinski definition) is 0. The molecule has 1 fully saturated rings. The molecule has 5 aromatic rings. The second kappa shape index (κ2) is 8.18. The largest absolute Gasteiger partial charge is 0.455 e. The Hall–Kier alpha value is -3.13. The van der Waals surface area contributed by atoms with E-state index < -0.39 is 0 Å². The maximum Gasteiger partial charge on any atom is 0.220 e. The third-order valence-corrected chi connectivity index (χ3v) is 9.94. The number of nitrogens with zero attached hydrogens (tertiary/aromatic N) is 1. The van der Waals surface area contributed by atoms with E-state index in [9.17, 15) is 0 Å². The molecule has 38 heavy (non-hydrogen) atoms. The Morgan fingerprint density at radius 1 is 0.816 bits per heavy atom. The zero-order valence-electron chi connectivity index (χ0n) is 23.9. The molecule has 0 spiro atoms. The maximum absolute atomic E-state index is 6.81. The molecule has 2 heteroatoms. The van der Waals surface area contributed by atoms with Crippen molar-refractivity contribution < 1.29 is 8.98 Å². The van der Waals surface area contributed by atoms with Gasteiger partial charge in [-0.15, -0.1) is 0 Å². The fourth-order valence-corrected chi connectivity index (χ4v) is 7.81. The van der Waals surface area contributed by atoms with Gasteiger partial charge in [-0.1, -0.05) is 76.9 Å². The highest BCUT2D eigenvalue weighted by Crippen LogP contribution is 2.53. The standard InChI is InChI=1S/C36H40NO/c1-22-15-16-26-27-19-24-13-9-10-14-25(24)20-29(27)38-34(26)30(22)33-32-31(35(2,3)17-18-36(32,4)5)28(21-37(33)6)23-11-7-8-12-23/h9-10,13-16,19-21,23H,7-8,11-12,17-18H2,1-6H3/q+1. The predicted octanol–water partition coefficient (Wildman–Crippen LogP) is 9.55. The van der Waals surface area contributed by atoms with Crippen LogP contribution in [-0.2, 0) is 17.9 Å². The molecule has 2 aliphatic rings. The van der Waals surface area contributed by atoms with Crippen molar-refractivity contribution in [2.45, 2.75) is 89.9 Å². The van der Waals surface area contributed by atoms with Crippen LogP contribution in [0.5, 0.6) is 0 Å². The van der Waals surface area contributed by atoms with E-state index in [0.29, 0.717) is 5.92 Å². The average Bonchev–Trinajstić information content (AvgIpc) is 3.53. The first-order chi connectivity index (χ1) is 18.2. The average molecular weight is 503 g/mol. The van der Waals surface area contributed by atoms with Gasteiger partial charge in [-0.05, 0) is 83.4 Å². The summed E-state index contributed by atoms with van der Waals surface area (Å²) in [6.07, 6.45) is 10.3. The van der Waals surface area contributed by atoms with Crippen LogP contribution in [0, 0.1) is 6.92 Å². The summed E-state index contributed by atoms with van der Waals surface area (Å²) >= 11 is 0. The van der Waals surface area contributed by atoms with Gasteiger partial charge in [0.25, 0.3) is 0 Å². The molecule has 0 unspecified atom stereocenters. The van der Waals surface area contributed by atoms with Gasteiger partial charge in [0.1, 0.15) is 18.2 Å². The van der Waals surface area contributed by atoms with Crippen LogP contribution < -0.4 is 4.57 Å². The van der Waals surface area contributed by atoms with Crippen LogP contribution in [0.2, 0.25) is 0 Å². The fraction of sp³-hybridized carbons (Fsp3) is 0.417. The molecule has 0 saturated heterocycles. The monoisotopic (exact) mass is 502 g/mol. The van der Waals surface area contributed by atoms with E-state index in [2.05, 4.69) is 101 Å². The highest BCUT2D eigenvalue weighted by atomic mass is 16.3. The van der Waals surface area contributed by atoms with Crippen molar-refractivity contribution in [2.75, 3.05) is 0 Å². The van der Waals surface area contributed by atoms with Gasteiger partial charge in [0.05, 0.1) is 5.56 Å². The van der Waals surface area contributed by atoms with Gasteiger partial charge >= 0.3 is 0 Å². The first-order valence-corrected chi connectivity index (χ1v) is 14.6. The number of furan rings is 1. The van der Waals surface area contributed by atoms with Crippen molar-refractivity contribution >= 4 is 32.7 Å². The Bertz CT molecular complexity index is 1740. The molecule has 2 aromatic heterocycles. The molecule has 0 amide bonds. The molecule has 0 N–H and O–H groups in total. The third-order valence-electron chi connectivity index (χ3n) is 9.94. The molecular formula is C36H40NO+. The summed E-state index contributed by atoms with van der Waals surface area (Å²) in [5.41, 5.74) is 11.0. The topological polar surface area (TPSA) is 17.0 Å². The highest BCUT2D eigenvalue weighted by molar-refractivity contribution is 6.13. The lowest BCUT2D eigenvalue weighted by atomic mass is 9.60. The minimum atomic E-state index is 0.0991. The van der Waals surface area contributed by atoms with Crippen molar-refractivity contribution in [1.29, 1.82) is 0 Å². The quantitative estimate of drug-likeness (QED) is 0.220. The van der Waals surface area contributed by atoms with Crippen molar-refractivity contribution in [3.63, 3.8) is 0 Å². The first-order valence-electron chi connectivity index (χ1n) is 14.6. The molecule has 3 aromatic carbocycles. The van der Waals surface area contributed by atoms with Crippen molar-refractivity contribution in [2.24, 2.45) is 7.05 Å².